The van der Waals surface area contributed by atoms with Crippen molar-refractivity contribution < 1.29 is 9.53 Å². The summed E-state index contributed by atoms with van der Waals surface area (Å²) in [5, 5.41) is 7.44. The number of benzene rings is 2. The van der Waals surface area contributed by atoms with E-state index in [0.717, 1.165) is 34.8 Å². The van der Waals surface area contributed by atoms with Crippen LogP contribution in [0.5, 0.6) is 0 Å². The number of ether oxygens (including phenoxy) is 1. The van der Waals surface area contributed by atoms with Gasteiger partial charge in [-0.05, 0) is 36.2 Å². The zero-order valence-corrected chi connectivity index (χ0v) is 17.9. The van der Waals surface area contributed by atoms with Crippen molar-refractivity contribution in [1.82, 2.24) is 19.7 Å². The van der Waals surface area contributed by atoms with E-state index < -0.39 is 0 Å². The first kappa shape index (κ1) is 19.4. The second-order valence-corrected chi connectivity index (χ2v) is 8.14. The maximum absolute atomic E-state index is 12.0. The second-order valence-electron chi connectivity index (χ2n) is 7.24. The number of thiazole rings is 1. The van der Waals surface area contributed by atoms with Crippen molar-refractivity contribution in [2.75, 3.05) is 18.1 Å². The fraction of sp³-hybridized carbons (Fsp3) is 0.217. The maximum Gasteiger partial charge on any atom is 0.414 e. The molecule has 0 aliphatic carbocycles. The summed E-state index contributed by atoms with van der Waals surface area (Å²) in [6.45, 7) is 3.11. The van der Waals surface area contributed by atoms with E-state index in [-0.39, 0.29) is 6.09 Å². The monoisotopic (exact) mass is 431 g/mol. The molecule has 31 heavy (non-hydrogen) atoms. The smallest absolute Gasteiger partial charge is 0.414 e. The molecule has 0 N–H and O–H groups in total. The summed E-state index contributed by atoms with van der Waals surface area (Å²) in [4.78, 5) is 22.8. The van der Waals surface area contributed by atoms with E-state index in [4.69, 9.17) is 14.8 Å². The number of amides is 1. The molecule has 0 radical (unpaired) electrons. The molecule has 8 heteroatoms. The number of cyclic esters (lactones) is 1. The molecule has 156 valence electrons. The van der Waals surface area contributed by atoms with Crippen LogP contribution in [0.4, 0.5) is 10.5 Å². The molecule has 0 saturated carbocycles. The van der Waals surface area contributed by atoms with Crippen molar-refractivity contribution in [3.63, 3.8) is 0 Å². The zero-order valence-electron chi connectivity index (χ0n) is 17.1. The molecule has 1 fully saturated rings. The Morgan fingerprint density at radius 2 is 2.00 bits per heavy atom. The molecule has 2 aromatic heterocycles. The van der Waals surface area contributed by atoms with Gasteiger partial charge in [-0.1, -0.05) is 37.6 Å². The van der Waals surface area contributed by atoms with E-state index in [2.05, 4.69) is 36.2 Å². The molecular weight excluding hydrogens is 410 g/mol. The largest absolute Gasteiger partial charge is 0.447 e. The van der Waals surface area contributed by atoms with Crippen LogP contribution in [0.15, 0.2) is 60.1 Å². The van der Waals surface area contributed by atoms with Gasteiger partial charge < -0.3 is 4.74 Å². The highest BCUT2D eigenvalue weighted by Gasteiger charge is 2.24. The van der Waals surface area contributed by atoms with E-state index in [0.29, 0.717) is 24.8 Å². The van der Waals surface area contributed by atoms with Gasteiger partial charge in [0.25, 0.3) is 0 Å². The number of anilines is 1. The van der Waals surface area contributed by atoms with Crippen LogP contribution in [0.2, 0.25) is 0 Å². The Kier molecular flexibility index (Phi) is 5.21. The molecule has 0 bridgehead atoms. The number of hydrogen-bond acceptors (Lipinski definition) is 6. The summed E-state index contributed by atoms with van der Waals surface area (Å²) in [5.74, 6) is 1.27. The fourth-order valence-corrected chi connectivity index (χ4v) is 4.20. The van der Waals surface area contributed by atoms with Gasteiger partial charge in [-0.15, -0.1) is 16.4 Å². The van der Waals surface area contributed by atoms with Crippen LogP contribution >= 0.6 is 11.3 Å². The van der Waals surface area contributed by atoms with Crippen molar-refractivity contribution in [1.29, 1.82) is 0 Å². The highest BCUT2D eigenvalue weighted by molar-refractivity contribution is 7.13. The van der Waals surface area contributed by atoms with Gasteiger partial charge in [0.15, 0.2) is 10.8 Å². The highest BCUT2D eigenvalue weighted by atomic mass is 32.1. The Hall–Kier alpha value is -3.52. The van der Waals surface area contributed by atoms with Crippen molar-refractivity contribution in [2.24, 2.45) is 0 Å². The van der Waals surface area contributed by atoms with Crippen LogP contribution in [-0.4, -0.2) is 39.0 Å². The Balaban J connectivity index is 1.60. The number of rotatable bonds is 6. The summed E-state index contributed by atoms with van der Waals surface area (Å²) < 4.78 is 6.93. The van der Waals surface area contributed by atoms with Crippen LogP contribution in [0.3, 0.4) is 0 Å². The molecule has 3 heterocycles. The average Bonchev–Trinajstić information content (AvgIpc) is 3.55. The van der Waals surface area contributed by atoms with Crippen molar-refractivity contribution >= 4 is 23.1 Å². The van der Waals surface area contributed by atoms with E-state index in [1.165, 1.54) is 16.9 Å². The zero-order chi connectivity index (χ0) is 21.2. The topological polar surface area (TPSA) is 73.1 Å². The highest BCUT2D eigenvalue weighted by Crippen LogP contribution is 2.29. The molecule has 2 aromatic carbocycles. The number of carbonyl (C=O) groups is 1. The number of aromatic nitrogens is 4. The SMILES string of the molecule is CCCc1ccc(-n2nc(-c3nccs3)nc2-c2cccc(N3CCOC3=O)c2)cc1. The van der Waals surface area contributed by atoms with Crippen molar-refractivity contribution in [3.05, 3.63) is 65.7 Å². The standard InChI is InChI=1S/C23H21N5O2S/c1-2-4-16-7-9-18(10-8-16)28-21(25-20(26-28)22-24-11-14-31-22)17-5-3-6-19(15-17)27-12-13-30-23(27)29/h3,5-11,14-15H,2,4,12-13H2,1H3. The minimum absolute atomic E-state index is 0.325. The van der Waals surface area contributed by atoms with Crippen LogP contribution in [0.1, 0.15) is 18.9 Å². The van der Waals surface area contributed by atoms with Gasteiger partial charge in [0.05, 0.1) is 12.2 Å². The lowest BCUT2D eigenvalue weighted by Crippen LogP contribution is -2.23. The quantitative estimate of drug-likeness (QED) is 0.431. The molecular formula is C23H21N5O2S. The predicted octanol–water partition coefficient (Wildman–Crippen LogP) is 4.97. The van der Waals surface area contributed by atoms with E-state index in [1.807, 2.05) is 34.3 Å². The summed E-state index contributed by atoms with van der Waals surface area (Å²) in [5.41, 5.74) is 3.87. The molecule has 0 atom stereocenters. The Bertz CT molecular complexity index is 1200. The number of carbonyl (C=O) groups excluding carboxylic acids is 1. The van der Waals surface area contributed by atoms with Gasteiger partial charge in [-0.2, -0.15) is 0 Å². The third kappa shape index (κ3) is 3.82. The molecule has 0 unspecified atom stereocenters. The summed E-state index contributed by atoms with van der Waals surface area (Å²) in [6.07, 6.45) is 3.57. The molecule has 1 saturated heterocycles. The van der Waals surface area contributed by atoms with Gasteiger partial charge >= 0.3 is 6.09 Å². The number of aryl methyl sites for hydroxylation is 1. The first-order chi connectivity index (χ1) is 15.2. The minimum atomic E-state index is -0.325. The van der Waals surface area contributed by atoms with Crippen molar-refractivity contribution in [3.8, 4) is 27.9 Å². The molecule has 1 aliphatic heterocycles. The summed E-state index contributed by atoms with van der Waals surface area (Å²) in [6, 6.07) is 16.1. The second kappa shape index (κ2) is 8.31. The molecule has 4 aromatic rings. The van der Waals surface area contributed by atoms with E-state index in [1.54, 1.807) is 11.1 Å². The third-order valence-corrected chi connectivity index (χ3v) is 5.90. The molecule has 1 aliphatic rings. The van der Waals surface area contributed by atoms with Gasteiger partial charge in [0.1, 0.15) is 6.61 Å². The molecule has 0 spiro atoms. The van der Waals surface area contributed by atoms with Crippen LogP contribution in [0.25, 0.3) is 27.9 Å². The van der Waals surface area contributed by atoms with E-state index in [9.17, 15) is 4.79 Å². The molecule has 1 amide bonds. The fourth-order valence-electron chi connectivity index (χ4n) is 3.64. The normalized spacial score (nSPS) is 13.6. The van der Waals surface area contributed by atoms with Gasteiger partial charge in [0.2, 0.25) is 5.82 Å². The Morgan fingerprint density at radius 1 is 1.13 bits per heavy atom. The first-order valence-electron chi connectivity index (χ1n) is 10.2. The Labute approximate surface area is 184 Å². The van der Waals surface area contributed by atoms with Gasteiger partial charge in [-0.25, -0.2) is 19.4 Å². The average molecular weight is 432 g/mol. The van der Waals surface area contributed by atoms with Crippen LogP contribution in [-0.2, 0) is 11.2 Å². The summed E-state index contributed by atoms with van der Waals surface area (Å²) >= 11 is 1.50. The molecule has 7 nitrogen and oxygen atoms in total. The molecule has 5 rings (SSSR count). The van der Waals surface area contributed by atoms with E-state index >= 15 is 0 Å². The van der Waals surface area contributed by atoms with Crippen molar-refractivity contribution in [2.45, 2.75) is 19.8 Å². The number of nitrogens with zero attached hydrogens (tertiary/aromatic N) is 5. The predicted molar refractivity (Wildman–Crippen MR) is 121 cm³/mol. The minimum Gasteiger partial charge on any atom is -0.447 e. The maximum atomic E-state index is 12.0. The van der Waals surface area contributed by atoms with Crippen LogP contribution in [0, 0.1) is 0 Å². The van der Waals surface area contributed by atoms with Gasteiger partial charge in [-0.3, -0.25) is 4.90 Å². The third-order valence-electron chi connectivity index (χ3n) is 5.13. The lowest BCUT2D eigenvalue weighted by Gasteiger charge is -2.14. The Morgan fingerprint density at radius 3 is 2.71 bits per heavy atom. The van der Waals surface area contributed by atoms with Gasteiger partial charge in [0, 0.05) is 22.8 Å². The summed E-state index contributed by atoms with van der Waals surface area (Å²) in [7, 11) is 0. The first-order valence-corrected chi connectivity index (χ1v) is 11.1. The lowest BCUT2D eigenvalue weighted by atomic mass is 10.1. The van der Waals surface area contributed by atoms with Crippen LogP contribution < -0.4 is 4.90 Å². The number of hydrogen-bond donors (Lipinski definition) is 0. The lowest BCUT2D eigenvalue weighted by molar-refractivity contribution is 0.181.